The zero-order chi connectivity index (χ0) is 19.1. The second-order valence-electron chi connectivity index (χ2n) is 5.24. The monoisotopic (exact) mass is 357 g/mol. The molecule has 0 bridgehead atoms. The number of hydrogen-bond acceptors (Lipinski definition) is 10. The molecule has 0 aromatic heterocycles. The fraction of sp³-hybridized carbons (Fsp3) is 0.667. The number of carbonyl (C=O) groups is 4. The van der Waals surface area contributed by atoms with Gasteiger partial charge in [-0.05, 0) is 0 Å². The molecule has 0 N–H and O–H groups in total. The van der Waals surface area contributed by atoms with Crippen molar-refractivity contribution in [1.82, 2.24) is 0 Å². The fourth-order valence-corrected chi connectivity index (χ4v) is 2.37. The van der Waals surface area contributed by atoms with Gasteiger partial charge in [-0.2, -0.15) is 5.26 Å². The second-order valence-corrected chi connectivity index (χ2v) is 5.24. The largest absolute Gasteiger partial charge is 0.456 e. The van der Waals surface area contributed by atoms with Gasteiger partial charge in [0, 0.05) is 27.7 Å². The van der Waals surface area contributed by atoms with Crippen LogP contribution in [-0.2, 0) is 42.9 Å². The molecule has 0 aromatic carbocycles. The van der Waals surface area contributed by atoms with Crippen molar-refractivity contribution in [2.24, 2.45) is 0 Å². The summed E-state index contributed by atoms with van der Waals surface area (Å²) in [5, 5.41) is 8.95. The summed E-state index contributed by atoms with van der Waals surface area (Å²) >= 11 is 0. The summed E-state index contributed by atoms with van der Waals surface area (Å²) in [4.78, 5) is 45.5. The third-order valence-electron chi connectivity index (χ3n) is 3.07. The number of rotatable bonds is 5. The van der Waals surface area contributed by atoms with E-state index < -0.39 is 54.6 Å². The van der Waals surface area contributed by atoms with Crippen molar-refractivity contribution >= 4 is 23.9 Å². The van der Waals surface area contributed by atoms with Gasteiger partial charge in [-0.25, -0.2) is 0 Å². The Morgan fingerprint density at radius 3 is 1.68 bits per heavy atom. The summed E-state index contributed by atoms with van der Waals surface area (Å²) < 4.78 is 25.7. The molecule has 0 spiro atoms. The lowest BCUT2D eigenvalue weighted by atomic mass is 9.96. The van der Waals surface area contributed by atoms with E-state index in [1.807, 2.05) is 6.07 Å². The summed E-state index contributed by atoms with van der Waals surface area (Å²) in [5.74, 6) is -2.98. The SMILES string of the molecule is CC(=O)OC1O[C@@H](CC#N)[C@@H](OC(C)=O)[C@@H](OC(C)=O)[C@H]1OC(C)=O. The molecule has 5 atom stereocenters. The van der Waals surface area contributed by atoms with Crippen LogP contribution in [0.2, 0.25) is 0 Å². The highest BCUT2D eigenvalue weighted by Gasteiger charge is 2.53. The van der Waals surface area contributed by atoms with Gasteiger partial charge in [0.1, 0.15) is 6.10 Å². The summed E-state index contributed by atoms with van der Waals surface area (Å²) in [7, 11) is 0. The van der Waals surface area contributed by atoms with Crippen LogP contribution in [0.3, 0.4) is 0 Å². The van der Waals surface area contributed by atoms with E-state index >= 15 is 0 Å². The molecular weight excluding hydrogens is 338 g/mol. The van der Waals surface area contributed by atoms with Crippen molar-refractivity contribution in [1.29, 1.82) is 5.26 Å². The van der Waals surface area contributed by atoms with Crippen LogP contribution in [0.4, 0.5) is 0 Å². The number of hydrogen-bond donors (Lipinski definition) is 0. The van der Waals surface area contributed by atoms with E-state index in [0.29, 0.717) is 0 Å². The number of carbonyl (C=O) groups excluding carboxylic acids is 4. The Bertz CT molecular complexity index is 582. The predicted molar refractivity (Wildman–Crippen MR) is 77.3 cm³/mol. The molecule has 1 saturated heterocycles. The van der Waals surface area contributed by atoms with Crippen LogP contribution in [-0.4, -0.2) is 54.6 Å². The molecule has 25 heavy (non-hydrogen) atoms. The van der Waals surface area contributed by atoms with Crippen LogP contribution in [0.5, 0.6) is 0 Å². The quantitative estimate of drug-likeness (QED) is 0.487. The zero-order valence-electron chi connectivity index (χ0n) is 14.2. The standard InChI is InChI=1S/C15H19NO9/c1-7(17)21-12-11(5-6-16)25-15(24-10(4)20)14(23-9(3)19)13(12)22-8(2)18/h11-15H,5H2,1-4H3/t11-,12+,13+,14+,15?/m0/s1. The van der Waals surface area contributed by atoms with E-state index in [-0.39, 0.29) is 6.42 Å². The van der Waals surface area contributed by atoms with Gasteiger partial charge < -0.3 is 23.7 Å². The van der Waals surface area contributed by atoms with Gasteiger partial charge in [0.15, 0.2) is 12.2 Å². The van der Waals surface area contributed by atoms with Crippen LogP contribution in [0.25, 0.3) is 0 Å². The maximum atomic E-state index is 11.5. The van der Waals surface area contributed by atoms with Crippen molar-refractivity contribution in [3.05, 3.63) is 0 Å². The first-order valence-electron chi connectivity index (χ1n) is 7.37. The van der Waals surface area contributed by atoms with Crippen molar-refractivity contribution in [3.63, 3.8) is 0 Å². The first-order chi connectivity index (χ1) is 11.6. The highest BCUT2D eigenvalue weighted by atomic mass is 16.7. The molecule has 1 rings (SSSR count). The summed E-state index contributed by atoms with van der Waals surface area (Å²) in [5.41, 5.74) is 0. The van der Waals surface area contributed by atoms with E-state index in [9.17, 15) is 19.2 Å². The second kappa shape index (κ2) is 8.98. The number of nitriles is 1. The third kappa shape index (κ3) is 6.04. The first kappa shape index (κ1) is 20.4. The maximum absolute atomic E-state index is 11.5. The lowest BCUT2D eigenvalue weighted by molar-refractivity contribution is -0.294. The summed E-state index contributed by atoms with van der Waals surface area (Å²) in [6.45, 7) is 4.42. The number of ether oxygens (including phenoxy) is 5. The number of nitrogens with zero attached hydrogens (tertiary/aromatic N) is 1. The molecule has 1 fully saturated rings. The van der Waals surface area contributed by atoms with Crippen LogP contribution in [0.15, 0.2) is 0 Å². The predicted octanol–water partition coefficient (Wildman–Crippen LogP) is -0.0168. The minimum Gasteiger partial charge on any atom is -0.456 e. The van der Waals surface area contributed by atoms with Crippen molar-refractivity contribution in [2.45, 2.75) is 64.8 Å². The van der Waals surface area contributed by atoms with Gasteiger partial charge in [-0.1, -0.05) is 0 Å². The lowest BCUT2D eigenvalue weighted by Gasteiger charge is -2.43. The fourth-order valence-electron chi connectivity index (χ4n) is 2.37. The Balaban J connectivity index is 3.28. The van der Waals surface area contributed by atoms with E-state index in [2.05, 4.69) is 0 Å². The smallest absolute Gasteiger partial charge is 0.305 e. The van der Waals surface area contributed by atoms with Gasteiger partial charge in [0.05, 0.1) is 12.5 Å². The minimum atomic E-state index is -1.43. The highest BCUT2D eigenvalue weighted by Crippen LogP contribution is 2.30. The average Bonchev–Trinajstić information content (AvgIpc) is 2.45. The molecule has 0 radical (unpaired) electrons. The molecule has 1 aliphatic rings. The Hall–Kier alpha value is -2.67. The Morgan fingerprint density at radius 1 is 0.800 bits per heavy atom. The van der Waals surface area contributed by atoms with E-state index in [1.165, 1.54) is 0 Å². The topological polar surface area (TPSA) is 138 Å². The number of esters is 4. The Kier molecular flexibility index (Phi) is 7.32. The molecule has 1 unspecified atom stereocenters. The minimum absolute atomic E-state index is 0.250. The molecule has 10 heteroatoms. The van der Waals surface area contributed by atoms with Gasteiger partial charge >= 0.3 is 23.9 Å². The molecule has 138 valence electrons. The summed E-state index contributed by atoms with van der Waals surface area (Å²) in [6, 6.07) is 1.84. The normalized spacial score (nSPS) is 28.2. The van der Waals surface area contributed by atoms with E-state index in [1.54, 1.807) is 0 Å². The van der Waals surface area contributed by atoms with Crippen molar-refractivity contribution in [3.8, 4) is 6.07 Å². The molecule has 1 aliphatic heterocycles. The van der Waals surface area contributed by atoms with E-state index in [0.717, 1.165) is 27.7 Å². The molecule has 0 saturated carbocycles. The van der Waals surface area contributed by atoms with Gasteiger partial charge in [-0.3, -0.25) is 19.2 Å². The highest BCUT2D eigenvalue weighted by molar-refractivity contribution is 5.69. The molecule has 0 amide bonds. The van der Waals surface area contributed by atoms with Gasteiger partial charge in [0.25, 0.3) is 0 Å². The van der Waals surface area contributed by atoms with Crippen molar-refractivity contribution < 1.29 is 42.9 Å². The Labute approximate surface area is 143 Å². The van der Waals surface area contributed by atoms with Gasteiger partial charge in [-0.15, -0.1) is 0 Å². The van der Waals surface area contributed by atoms with E-state index in [4.69, 9.17) is 28.9 Å². The molecular formula is C15H19NO9. The van der Waals surface area contributed by atoms with Crippen LogP contribution in [0.1, 0.15) is 34.1 Å². The Morgan fingerprint density at radius 2 is 1.24 bits per heavy atom. The maximum Gasteiger partial charge on any atom is 0.305 e. The summed E-state index contributed by atoms with van der Waals surface area (Å²) in [6.07, 6.45) is -6.66. The molecule has 0 aliphatic carbocycles. The third-order valence-corrected chi connectivity index (χ3v) is 3.07. The van der Waals surface area contributed by atoms with Gasteiger partial charge in [0.2, 0.25) is 12.4 Å². The first-order valence-corrected chi connectivity index (χ1v) is 7.37. The van der Waals surface area contributed by atoms with Crippen LogP contribution >= 0.6 is 0 Å². The van der Waals surface area contributed by atoms with Crippen molar-refractivity contribution in [2.75, 3.05) is 0 Å². The van der Waals surface area contributed by atoms with Crippen LogP contribution < -0.4 is 0 Å². The molecule has 10 nitrogen and oxygen atoms in total. The molecule has 1 heterocycles. The molecule has 0 aromatic rings. The zero-order valence-corrected chi connectivity index (χ0v) is 14.2. The lowest BCUT2D eigenvalue weighted by Crippen LogP contribution is -2.62. The van der Waals surface area contributed by atoms with Crippen LogP contribution in [0, 0.1) is 11.3 Å². The average molecular weight is 357 g/mol.